The van der Waals surface area contributed by atoms with E-state index in [2.05, 4.69) is 13.2 Å². The van der Waals surface area contributed by atoms with E-state index in [0.717, 1.165) is 0 Å². The highest BCUT2D eigenvalue weighted by molar-refractivity contribution is 5.90. The molecule has 2 heteroatoms. The normalized spacial score (nSPS) is 8.71. The van der Waals surface area contributed by atoms with E-state index in [-0.39, 0.29) is 5.97 Å². The summed E-state index contributed by atoms with van der Waals surface area (Å²) in [4.78, 5) is 11.6. The summed E-state index contributed by atoms with van der Waals surface area (Å²) in [5, 5.41) is 0. The summed E-state index contributed by atoms with van der Waals surface area (Å²) in [5.41, 5.74) is 0.557. The van der Waals surface area contributed by atoms with E-state index in [1.54, 1.807) is 24.3 Å². The first kappa shape index (κ1) is 12.7. The van der Waals surface area contributed by atoms with E-state index < -0.39 is 0 Å². The van der Waals surface area contributed by atoms with Crippen molar-refractivity contribution in [3.05, 3.63) is 79.4 Å². The van der Waals surface area contributed by atoms with Gasteiger partial charge in [0.1, 0.15) is 5.75 Å². The molecule has 0 aliphatic heterocycles. The minimum absolute atomic E-state index is 0.332. The van der Waals surface area contributed by atoms with Gasteiger partial charge in [0, 0.05) is 0 Å². The van der Waals surface area contributed by atoms with Gasteiger partial charge in [-0.15, -0.1) is 13.2 Å². The Balaban J connectivity index is 0.000000686. The average Bonchev–Trinajstić information content (AvgIpc) is 2.43. The number of hydrogen-bond donors (Lipinski definition) is 0. The van der Waals surface area contributed by atoms with Gasteiger partial charge < -0.3 is 4.74 Å². The Kier molecular flexibility index (Phi) is 5.25. The smallest absolute Gasteiger partial charge is 0.343 e. The number of rotatable bonds is 2. The van der Waals surface area contributed by atoms with E-state index in [1.165, 1.54) is 0 Å². The van der Waals surface area contributed by atoms with Crippen LogP contribution in [0.15, 0.2) is 73.8 Å². The second-order valence-electron chi connectivity index (χ2n) is 3.07. The van der Waals surface area contributed by atoms with Gasteiger partial charge in [0.25, 0.3) is 0 Å². The number of carbonyl (C=O) groups is 1. The Morgan fingerprint density at radius 3 is 1.82 bits per heavy atom. The van der Waals surface area contributed by atoms with Crippen LogP contribution in [0.2, 0.25) is 0 Å². The molecule has 0 spiro atoms. The molecule has 0 fully saturated rings. The van der Waals surface area contributed by atoms with Gasteiger partial charge in [0.2, 0.25) is 0 Å². The van der Waals surface area contributed by atoms with Gasteiger partial charge in [-0.2, -0.15) is 0 Å². The van der Waals surface area contributed by atoms with Crippen LogP contribution in [0.4, 0.5) is 0 Å². The maximum absolute atomic E-state index is 11.6. The van der Waals surface area contributed by atoms with Crippen LogP contribution < -0.4 is 4.74 Å². The molecular formula is C15H14O2. The molecule has 17 heavy (non-hydrogen) atoms. The quantitative estimate of drug-likeness (QED) is 0.443. The van der Waals surface area contributed by atoms with Crippen LogP contribution in [0.25, 0.3) is 0 Å². The molecule has 0 saturated heterocycles. The fourth-order valence-corrected chi connectivity index (χ4v) is 1.23. The summed E-state index contributed by atoms with van der Waals surface area (Å²) in [6.07, 6.45) is 0. The molecule has 0 N–H and O–H groups in total. The molecule has 0 heterocycles. The molecule has 0 aliphatic rings. The Hall–Kier alpha value is -2.35. The van der Waals surface area contributed by atoms with Gasteiger partial charge in [-0.05, 0) is 24.3 Å². The maximum atomic E-state index is 11.6. The number of carbonyl (C=O) groups excluding carboxylic acids is 1. The van der Waals surface area contributed by atoms with Crippen LogP contribution in [-0.2, 0) is 0 Å². The molecule has 0 bridgehead atoms. The molecule has 0 atom stereocenters. The van der Waals surface area contributed by atoms with Crippen molar-refractivity contribution in [3.8, 4) is 5.75 Å². The minimum atomic E-state index is -0.332. The van der Waals surface area contributed by atoms with Crippen molar-refractivity contribution in [1.29, 1.82) is 0 Å². The number of para-hydroxylation sites is 1. The first-order valence-electron chi connectivity index (χ1n) is 5.18. The highest BCUT2D eigenvalue weighted by atomic mass is 16.5. The maximum Gasteiger partial charge on any atom is 0.343 e. The van der Waals surface area contributed by atoms with Crippen molar-refractivity contribution < 1.29 is 9.53 Å². The highest BCUT2D eigenvalue weighted by Crippen LogP contribution is 2.11. The molecule has 86 valence electrons. The SMILES string of the molecule is C=C.O=C(Oc1ccccc1)c1ccccc1. The van der Waals surface area contributed by atoms with Gasteiger partial charge in [-0.25, -0.2) is 4.79 Å². The van der Waals surface area contributed by atoms with Crippen LogP contribution in [0, 0.1) is 0 Å². The number of hydrogen-bond acceptors (Lipinski definition) is 2. The Bertz CT molecular complexity index is 449. The zero-order chi connectivity index (χ0) is 12.5. The standard InChI is InChI=1S/C13H10O2.C2H4/c14-13(11-7-3-1-4-8-11)15-12-9-5-2-6-10-12;1-2/h1-10H;1-2H2. The van der Waals surface area contributed by atoms with Crippen molar-refractivity contribution in [2.24, 2.45) is 0 Å². The van der Waals surface area contributed by atoms with Crippen molar-refractivity contribution in [1.82, 2.24) is 0 Å². The molecule has 2 nitrogen and oxygen atoms in total. The molecule has 2 aromatic rings. The Morgan fingerprint density at radius 1 is 0.824 bits per heavy atom. The average molecular weight is 226 g/mol. The van der Waals surface area contributed by atoms with E-state index in [1.807, 2.05) is 36.4 Å². The Morgan fingerprint density at radius 2 is 1.29 bits per heavy atom. The van der Waals surface area contributed by atoms with Crippen molar-refractivity contribution in [3.63, 3.8) is 0 Å². The second kappa shape index (κ2) is 7.01. The fraction of sp³-hybridized carbons (Fsp3) is 0. The number of ether oxygens (including phenoxy) is 1. The summed E-state index contributed by atoms with van der Waals surface area (Å²) in [5.74, 6) is 0.230. The molecule has 0 unspecified atom stereocenters. The van der Waals surface area contributed by atoms with Crippen LogP contribution >= 0.6 is 0 Å². The molecule has 0 aliphatic carbocycles. The molecule has 0 aromatic heterocycles. The van der Waals surface area contributed by atoms with Crippen LogP contribution in [0.1, 0.15) is 10.4 Å². The van der Waals surface area contributed by atoms with E-state index in [9.17, 15) is 4.79 Å². The summed E-state index contributed by atoms with van der Waals surface area (Å²) in [6, 6.07) is 18.0. The lowest BCUT2D eigenvalue weighted by molar-refractivity contribution is 0.0735. The van der Waals surface area contributed by atoms with Gasteiger partial charge in [0.05, 0.1) is 5.56 Å². The largest absolute Gasteiger partial charge is 0.423 e. The molecule has 0 saturated carbocycles. The monoisotopic (exact) mass is 226 g/mol. The van der Waals surface area contributed by atoms with Crippen molar-refractivity contribution in [2.75, 3.05) is 0 Å². The summed E-state index contributed by atoms with van der Waals surface area (Å²) < 4.78 is 5.16. The number of benzene rings is 2. The van der Waals surface area contributed by atoms with E-state index >= 15 is 0 Å². The van der Waals surface area contributed by atoms with E-state index in [0.29, 0.717) is 11.3 Å². The van der Waals surface area contributed by atoms with Crippen LogP contribution in [0.3, 0.4) is 0 Å². The lowest BCUT2D eigenvalue weighted by Crippen LogP contribution is -2.07. The first-order chi connectivity index (χ1) is 8.36. The first-order valence-corrected chi connectivity index (χ1v) is 5.18. The summed E-state index contributed by atoms with van der Waals surface area (Å²) in [6.45, 7) is 6.00. The predicted molar refractivity (Wildman–Crippen MR) is 69.1 cm³/mol. The third-order valence-electron chi connectivity index (χ3n) is 1.96. The molecular weight excluding hydrogens is 212 g/mol. The van der Waals surface area contributed by atoms with Crippen molar-refractivity contribution >= 4 is 5.97 Å². The zero-order valence-corrected chi connectivity index (χ0v) is 9.50. The lowest BCUT2D eigenvalue weighted by atomic mass is 10.2. The third-order valence-corrected chi connectivity index (χ3v) is 1.96. The van der Waals surface area contributed by atoms with Crippen LogP contribution in [0.5, 0.6) is 5.75 Å². The van der Waals surface area contributed by atoms with Crippen molar-refractivity contribution in [2.45, 2.75) is 0 Å². The lowest BCUT2D eigenvalue weighted by Gasteiger charge is -2.02. The summed E-state index contributed by atoms with van der Waals surface area (Å²) >= 11 is 0. The van der Waals surface area contributed by atoms with Gasteiger partial charge >= 0.3 is 5.97 Å². The fourth-order valence-electron chi connectivity index (χ4n) is 1.23. The highest BCUT2D eigenvalue weighted by Gasteiger charge is 2.06. The molecule has 0 radical (unpaired) electrons. The van der Waals surface area contributed by atoms with E-state index in [4.69, 9.17) is 4.74 Å². The predicted octanol–water partition coefficient (Wildman–Crippen LogP) is 3.71. The summed E-state index contributed by atoms with van der Waals surface area (Å²) in [7, 11) is 0. The molecule has 0 amide bonds. The third kappa shape index (κ3) is 3.95. The minimum Gasteiger partial charge on any atom is -0.423 e. The molecule has 2 rings (SSSR count). The Labute approximate surface area is 101 Å². The topological polar surface area (TPSA) is 26.3 Å². The number of esters is 1. The molecule has 2 aromatic carbocycles. The van der Waals surface area contributed by atoms with Crippen LogP contribution in [-0.4, -0.2) is 5.97 Å². The second-order valence-corrected chi connectivity index (χ2v) is 3.07. The van der Waals surface area contributed by atoms with Gasteiger partial charge in [0.15, 0.2) is 0 Å². The van der Waals surface area contributed by atoms with Gasteiger partial charge in [-0.3, -0.25) is 0 Å². The van der Waals surface area contributed by atoms with Gasteiger partial charge in [-0.1, -0.05) is 36.4 Å². The zero-order valence-electron chi connectivity index (χ0n) is 9.50.